The van der Waals surface area contributed by atoms with Crippen LogP contribution >= 0.6 is 0 Å². The Balaban J connectivity index is 2.94. The Bertz CT molecular complexity index is 461. The van der Waals surface area contributed by atoms with E-state index in [0.29, 0.717) is 0 Å². The van der Waals surface area contributed by atoms with Gasteiger partial charge in [0.15, 0.2) is 0 Å². The lowest BCUT2D eigenvalue weighted by atomic mass is 10.1. The highest BCUT2D eigenvalue weighted by Crippen LogP contribution is 2.23. The average Bonchev–Trinajstić information content (AvgIpc) is 2.15. The zero-order valence-corrected chi connectivity index (χ0v) is 7.76. The van der Waals surface area contributed by atoms with E-state index in [1.54, 1.807) is 0 Å². The van der Waals surface area contributed by atoms with Crippen LogP contribution in [-0.2, 0) is 0 Å². The maximum Gasteiger partial charge on any atom is 0.0726 e. The molecule has 0 saturated heterocycles. The summed E-state index contributed by atoms with van der Waals surface area (Å²) in [7, 11) is 0. The van der Waals surface area contributed by atoms with Gasteiger partial charge >= 0.3 is 0 Å². The molecule has 2 heteroatoms. The van der Waals surface area contributed by atoms with Gasteiger partial charge in [0.2, 0.25) is 0 Å². The van der Waals surface area contributed by atoms with Crippen LogP contribution < -0.4 is 5.73 Å². The number of nitrogens with zero attached hydrogens (tertiary/aromatic N) is 1. The van der Waals surface area contributed by atoms with Crippen molar-refractivity contribution in [2.75, 3.05) is 5.73 Å². The molecule has 2 aromatic rings. The van der Waals surface area contributed by atoms with Crippen LogP contribution in [0.5, 0.6) is 0 Å². The fourth-order valence-corrected chi connectivity index (χ4v) is 1.40. The second-order valence-corrected chi connectivity index (χ2v) is 3.18. The van der Waals surface area contributed by atoms with Crippen molar-refractivity contribution >= 4 is 16.6 Å². The molecule has 1 radical (unpaired) electrons. The number of rotatable bonds is 0. The SMILES string of the molecule is Cc1nc2cc[c]cc2c(N)c1C. The predicted octanol–water partition coefficient (Wildman–Crippen LogP) is 2.23. The predicted molar refractivity (Wildman–Crippen MR) is 54.5 cm³/mol. The van der Waals surface area contributed by atoms with Crippen LogP contribution in [0.3, 0.4) is 0 Å². The minimum absolute atomic E-state index is 0.819. The molecule has 1 heterocycles. The molecule has 1 aromatic heterocycles. The Hall–Kier alpha value is -1.57. The van der Waals surface area contributed by atoms with Crippen LogP contribution in [0.4, 0.5) is 5.69 Å². The maximum absolute atomic E-state index is 5.96. The molecule has 2 nitrogen and oxygen atoms in total. The van der Waals surface area contributed by atoms with Crippen molar-refractivity contribution in [3.63, 3.8) is 0 Å². The van der Waals surface area contributed by atoms with Gasteiger partial charge in [0, 0.05) is 16.8 Å². The molecule has 0 aliphatic heterocycles. The van der Waals surface area contributed by atoms with Crippen LogP contribution in [0, 0.1) is 19.9 Å². The van der Waals surface area contributed by atoms with Crippen LogP contribution in [-0.4, -0.2) is 4.98 Å². The number of nitrogen functional groups attached to an aromatic ring is 1. The molecule has 0 fully saturated rings. The molecule has 2 rings (SSSR count). The van der Waals surface area contributed by atoms with Gasteiger partial charge in [-0.2, -0.15) is 0 Å². The lowest BCUT2D eigenvalue weighted by molar-refractivity contribution is 1.20. The van der Waals surface area contributed by atoms with Gasteiger partial charge in [0.05, 0.1) is 5.52 Å². The zero-order valence-electron chi connectivity index (χ0n) is 7.76. The summed E-state index contributed by atoms with van der Waals surface area (Å²) >= 11 is 0. The molecule has 0 aliphatic carbocycles. The summed E-state index contributed by atoms with van der Waals surface area (Å²) in [6.07, 6.45) is 0. The fourth-order valence-electron chi connectivity index (χ4n) is 1.40. The molecule has 1 aromatic carbocycles. The Morgan fingerprint density at radius 3 is 2.92 bits per heavy atom. The van der Waals surface area contributed by atoms with Crippen LogP contribution in [0.2, 0.25) is 0 Å². The van der Waals surface area contributed by atoms with Crippen molar-refractivity contribution in [2.24, 2.45) is 0 Å². The minimum Gasteiger partial charge on any atom is -0.398 e. The molecule has 13 heavy (non-hydrogen) atoms. The van der Waals surface area contributed by atoms with Gasteiger partial charge in [-0.15, -0.1) is 0 Å². The number of pyridine rings is 1. The minimum atomic E-state index is 0.819. The third kappa shape index (κ3) is 1.15. The first-order valence-electron chi connectivity index (χ1n) is 4.22. The van der Waals surface area contributed by atoms with Crippen molar-refractivity contribution in [3.8, 4) is 0 Å². The lowest BCUT2D eigenvalue weighted by Crippen LogP contribution is -1.97. The Labute approximate surface area is 77.4 Å². The molecule has 0 unspecified atom stereocenters. The largest absolute Gasteiger partial charge is 0.398 e. The van der Waals surface area contributed by atoms with E-state index in [0.717, 1.165) is 27.8 Å². The average molecular weight is 171 g/mol. The van der Waals surface area contributed by atoms with Gasteiger partial charge in [0.25, 0.3) is 0 Å². The van der Waals surface area contributed by atoms with E-state index in [2.05, 4.69) is 11.1 Å². The molecule has 0 aliphatic rings. The van der Waals surface area contributed by atoms with Gasteiger partial charge in [-0.25, -0.2) is 0 Å². The smallest absolute Gasteiger partial charge is 0.0726 e. The third-order valence-corrected chi connectivity index (χ3v) is 2.37. The molecular formula is C11H11N2. The zero-order chi connectivity index (χ0) is 9.42. The summed E-state index contributed by atoms with van der Waals surface area (Å²) < 4.78 is 0. The van der Waals surface area contributed by atoms with Crippen LogP contribution in [0.1, 0.15) is 11.3 Å². The standard InChI is InChI=1S/C11H11N2/c1-7-8(2)13-10-6-4-3-5-9(10)11(7)12/h4-6H,1-2H3,(H2,12,13). The van der Waals surface area contributed by atoms with Gasteiger partial charge in [-0.1, -0.05) is 6.07 Å². The first-order valence-corrected chi connectivity index (χ1v) is 4.22. The number of hydrogen-bond donors (Lipinski definition) is 1. The van der Waals surface area contributed by atoms with Gasteiger partial charge in [0.1, 0.15) is 0 Å². The fraction of sp³-hybridized carbons (Fsp3) is 0.182. The van der Waals surface area contributed by atoms with E-state index >= 15 is 0 Å². The lowest BCUT2D eigenvalue weighted by Gasteiger charge is -2.07. The Kier molecular flexibility index (Phi) is 1.69. The number of nitrogens with two attached hydrogens (primary N) is 1. The number of benzene rings is 1. The van der Waals surface area contributed by atoms with E-state index in [-0.39, 0.29) is 0 Å². The highest BCUT2D eigenvalue weighted by atomic mass is 14.7. The molecular weight excluding hydrogens is 160 g/mol. The van der Waals surface area contributed by atoms with Crippen molar-refractivity contribution in [1.82, 2.24) is 4.98 Å². The number of anilines is 1. The van der Waals surface area contributed by atoms with E-state index in [1.165, 1.54) is 0 Å². The van der Waals surface area contributed by atoms with E-state index in [4.69, 9.17) is 5.73 Å². The molecule has 2 N–H and O–H groups in total. The van der Waals surface area contributed by atoms with Crippen molar-refractivity contribution in [1.29, 1.82) is 0 Å². The maximum atomic E-state index is 5.96. The van der Waals surface area contributed by atoms with E-state index in [1.807, 2.05) is 32.0 Å². The third-order valence-electron chi connectivity index (χ3n) is 2.37. The van der Waals surface area contributed by atoms with Gasteiger partial charge < -0.3 is 5.73 Å². The molecule has 0 bridgehead atoms. The van der Waals surface area contributed by atoms with Gasteiger partial charge in [-0.05, 0) is 37.6 Å². The van der Waals surface area contributed by atoms with Crippen LogP contribution in [0.25, 0.3) is 10.9 Å². The summed E-state index contributed by atoms with van der Waals surface area (Å²) in [6.45, 7) is 3.96. The number of aryl methyl sites for hydroxylation is 1. The molecule has 65 valence electrons. The summed E-state index contributed by atoms with van der Waals surface area (Å²) in [5, 5.41) is 0.991. The first kappa shape index (κ1) is 8.05. The first-order chi connectivity index (χ1) is 6.20. The van der Waals surface area contributed by atoms with Crippen LogP contribution in [0.15, 0.2) is 18.2 Å². The second-order valence-electron chi connectivity index (χ2n) is 3.18. The number of hydrogen-bond acceptors (Lipinski definition) is 2. The summed E-state index contributed by atoms with van der Waals surface area (Å²) in [5.41, 5.74) is 9.78. The van der Waals surface area contributed by atoms with E-state index in [9.17, 15) is 0 Å². The Morgan fingerprint density at radius 2 is 2.15 bits per heavy atom. The summed E-state index contributed by atoms with van der Waals surface area (Å²) in [5.74, 6) is 0. The topological polar surface area (TPSA) is 38.9 Å². The molecule has 0 atom stereocenters. The Morgan fingerprint density at radius 1 is 1.38 bits per heavy atom. The molecule has 0 amide bonds. The molecule has 0 saturated carbocycles. The van der Waals surface area contributed by atoms with E-state index < -0.39 is 0 Å². The van der Waals surface area contributed by atoms with Crippen molar-refractivity contribution < 1.29 is 0 Å². The summed E-state index contributed by atoms with van der Waals surface area (Å²) in [4.78, 5) is 4.44. The monoisotopic (exact) mass is 171 g/mol. The highest BCUT2D eigenvalue weighted by molar-refractivity contribution is 5.91. The van der Waals surface area contributed by atoms with Crippen molar-refractivity contribution in [3.05, 3.63) is 35.5 Å². The highest BCUT2D eigenvalue weighted by Gasteiger charge is 2.04. The quantitative estimate of drug-likeness (QED) is 0.660. The van der Waals surface area contributed by atoms with Crippen molar-refractivity contribution in [2.45, 2.75) is 13.8 Å². The van der Waals surface area contributed by atoms with Gasteiger partial charge in [-0.3, -0.25) is 4.98 Å². The number of aromatic nitrogens is 1. The molecule has 0 spiro atoms. The normalized spacial score (nSPS) is 10.6. The second kappa shape index (κ2) is 2.73. The number of fused-ring (bicyclic) bond motifs is 1. The summed E-state index contributed by atoms with van der Waals surface area (Å²) in [6, 6.07) is 8.66.